The number of hydrogen-bond donors (Lipinski definition) is 1. The Morgan fingerprint density at radius 1 is 1.42 bits per heavy atom. The lowest BCUT2D eigenvalue weighted by Crippen LogP contribution is -2.30. The van der Waals surface area contributed by atoms with Gasteiger partial charge in [0.1, 0.15) is 0 Å². The highest BCUT2D eigenvalue weighted by Crippen LogP contribution is 2.03. The molecule has 0 rings (SSSR count). The molecule has 0 aliphatic heterocycles. The van der Waals surface area contributed by atoms with Crippen LogP contribution in [0.15, 0.2) is 0 Å². The monoisotopic (exact) mass is 167 g/mol. The van der Waals surface area contributed by atoms with Crippen molar-refractivity contribution in [1.82, 2.24) is 5.32 Å². The SMILES string of the molecule is C#CC(CC)NCC(C)CCC. The molecule has 70 valence electrons. The van der Waals surface area contributed by atoms with E-state index >= 15 is 0 Å². The molecule has 0 aliphatic rings. The van der Waals surface area contributed by atoms with Crippen molar-refractivity contribution >= 4 is 0 Å². The first-order valence-corrected chi connectivity index (χ1v) is 4.94. The standard InChI is InChI=1S/C11H21N/c1-5-8-10(4)9-12-11(6-2)7-3/h2,10-12H,5,7-9H2,1,3-4H3. The summed E-state index contributed by atoms with van der Waals surface area (Å²) in [5.41, 5.74) is 0. The van der Waals surface area contributed by atoms with E-state index in [0.717, 1.165) is 18.9 Å². The average molecular weight is 167 g/mol. The summed E-state index contributed by atoms with van der Waals surface area (Å²) in [7, 11) is 0. The highest BCUT2D eigenvalue weighted by molar-refractivity contribution is 4.97. The second kappa shape index (κ2) is 7.18. The van der Waals surface area contributed by atoms with Crippen LogP contribution in [0.3, 0.4) is 0 Å². The van der Waals surface area contributed by atoms with E-state index in [4.69, 9.17) is 6.42 Å². The third-order valence-electron chi connectivity index (χ3n) is 2.10. The Kier molecular flexibility index (Phi) is 6.90. The molecule has 0 fully saturated rings. The third kappa shape index (κ3) is 5.21. The van der Waals surface area contributed by atoms with Gasteiger partial charge in [-0.25, -0.2) is 0 Å². The van der Waals surface area contributed by atoms with Crippen molar-refractivity contribution in [3.05, 3.63) is 0 Å². The number of terminal acetylenes is 1. The molecule has 0 aromatic rings. The molecule has 2 unspecified atom stereocenters. The topological polar surface area (TPSA) is 12.0 Å². The molecule has 0 aromatic heterocycles. The minimum absolute atomic E-state index is 0.268. The van der Waals surface area contributed by atoms with Gasteiger partial charge in [-0.2, -0.15) is 0 Å². The van der Waals surface area contributed by atoms with E-state index in [0.29, 0.717) is 0 Å². The Morgan fingerprint density at radius 3 is 2.50 bits per heavy atom. The minimum Gasteiger partial charge on any atom is -0.303 e. The maximum Gasteiger partial charge on any atom is 0.0684 e. The first-order valence-electron chi connectivity index (χ1n) is 4.94. The molecule has 0 aliphatic carbocycles. The summed E-state index contributed by atoms with van der Waals surface area (Å²) in [5.74, 6) is 3.49. The second-order valence-electron chi connectivity index (χ2n) is 3.43. The Morgan fingerprint density at radius 2 is 2.08 bits per heavy atom. The Labute approximate surface area is 76.9 Å². The molecule has 1 nitrogen and oxygen atoms in total. The fourth-order valence-electron chi connectivity index (χ4n) is 1.26. The first kappa shape index (κ1) is 11.5. The van der Waals surface area contributed by atoms with Crippen molar-refractivity contribution in [2.45, 2.75) is 46.1 Å². The molecule has 1 N–H and O–H groups in total. The van der Waals surface area contributed by atoms with Gasteiger partial charge in [-0.1, -0.05) is 33.1 Å². The zero-order valence-electron chi connectivity index (χ0n) is 8.56. The van der Waals surface area contributed by atoms with Gasteiger partial charge in [-0.05, 0) is 25.3 Å². The predicted molar refractivity (Wildman–Crippen MR) is 55.0 cm³/mol. The van der Waals surface area contributed by atoms with E-state index in [9.17, 15) is 0 Å². The van der Waals surface area contributed by atoms with E-state index < -0.39 is 0 Å². The van der Waals surface area contributed by atoms with Gasteiger partial charge in [-0.15, -0.1) is 6.42 Å². The fraction of sp³-hybridized carbons (Fsp3) is 0.818. The van der Waals surface area contributed by atoms with Crippen LogP contribution < -0.4 is 5.32 Å². The molecule has 0 saturated heterocycles. The lowest BCUT2D eigenvalue weighted by Gasteiger charge is -2.14. The Hall–Kier alpha value is -0.480. The maximum atomic E-state index is 5.33. The fourth-order valence-corrected chi connectivity index (χ4v) is 1.26. The van der Waals surface area contributed by atoms with E-state index in [1.54, 1.807) is 0 Å². The molecule has 0 heterocycles. The van der Waals surface area contributed by atoms with Gasteiger partial charge in [-0.3, -0.25) is 0 Å². The summed E-state index contributed by atoms with van der Waals surface area (Å²) < 4.78 is 0. The van der Waals surface area contributed by atoms with Crippen molar-refractivity contribution in [2.75, 3.05) is 6.54 Å². The molecule has 1 heteroatoms. The van der Waals surface area contributed by atoms with Crippen LogP contribution in [-0.2, 0) is 0 Å². The van der Waals surface area contributed by atoms with Crippen LogP contribution >= 0.6 is 0 Å². The van der Waals surface area contributed by atoms with Crippen molar-refractivity contribution in [3.63, 3.8) is 0 Å². The molecule has 0 radical (unpaired) electrons. The number of nitrogens with one attached hydrogen (secondary N) is 1. The zero-order valence-corrected chi connectivity index (χ0v) is 8.56. The van der Waals surface area contributed by atoms with Gasteiger partial charge < -0.3 is 5.32 Å². The summed E-state index contributed by atoms with van der Waals surface area (Å²) in [6.07, 6.45) is 8.90. The first-order chi connectivity index (χ1) is 5.74. The summed E-state index contributed by atoms with van der Waals surface area (Å²) >= 11 is 0. The van der Waals surface area contributed by atoms with Gasteiger partial charge in [0.25, 0.3) is 0 Å². The van der Waals surface area contributed by atoms with Gasteiger partial charge in [0.2, 0.25) is 0 Å². The molecule has 0 bridgehead atoms. The molecule has 2 atom stereocenters. The lowest BCUT2D eigenvalue weighted by atomic mass is 10.1. The largest absolute Gasteiger partial charge is 0.303 e. The molecular weight excluding hydrogens is 146 g/mol. The van der Waals surface area contributed by atoms with E-state index in [2.05, 4.69) is 32.0 Å². The van der Waals surface area contributed by atoms with Gasteiger partial charge in [0.05, 0.1) is 6.04 Å². The highest BCUT2D eigenvalue weighted by Gasteiger charge is 2.03. The molecule has 0 spiro atoms. The van der Waals surface area contributed by atoms with Crippen LogP contribution in [0.2, 0.25) is 0 Å². The summed E-state index contributed by atoms with van der Waals surface area (Å²) in [4.78, 5) is 0. The summed E-state index contributed by atoms with van der Waals surface area (Å²) in [6.45, 7) is 7.65. The highest BCUT2D eigenvalue weighted by atomic mass is 14.9. The van der Waals surface area contributed by atoms with Gasteiger partial charge >= 0.3 is 0 Å². The van der Waals surface area contributed by atoms with E-state index in [-0.39, 0.29) is 6.04 Å². The molecule has 0 aromatic carbocycles. The van der Waals surface area contributed by atoms with Crippen LogP contribution in [0.5, 0.6) is 0 Å². The van der Waals surface area contributed by atoms with Crippen LogP contribution in [0.4, 0.5) is 0 Å². The van der Waals surface area contributed by atoms with Crippen LogP contribution in [0.1, 0.15) is 40.0 Å². The van der Waals surface area contributed by atoms with Gasteiger partial charge in [0.15, 0.2) is 0 Å². The summed E-state index contributed by atoms with van der Waals surface area (Å²) in [6, 6.07) is 0.268. The Balaban J connectivity index is 3.46. The smallest absolute Gasteiger partial charge is 0.0684 e. The molecule has 0 saturated carbocycles. The van der Waals surface area contributed by atoms with Crippen molar-refractivity contribution in [1.29, 1.82) is 0 Å². The van der Waals surface area contributed by atoms with Crippen LogP contribution in [-0.4, -0.2) is 12.6 Å². The molecule has 12 heavy (non-hydrogen) atoms. The number of hydrogen-bond acceptors (Lipinski definition) is 1. The van der Waals surface area contributed by atoms with E-state index in [1.165, 1.54) is 12.8 Å². The molecular formula is C11H21N. The third-order valence-corrected chi connectivity index (χ3v) is 2.10. The van der Waals surface area contributed by atoms with Crippen LogP contribution in [0, 0.1) is 18.3 Å². The normalized spacial score (nSPS) is 15.2. The van der Waals surface area contributed by atoms with Crippen molar-refractivity contribution in [2.24, 2.45) is 5.92 Å². The van der Waals surface area contributed by atoms with Crippen LogP contribution in [0.25, 0.3) is 0 Å². The second-order valence-corrected chi connectivity index (χ2v) is 3.43. The molecule has 0 amide bonds. The van der Waals surface area contributed by atoms with Crippen molar-refractivity contribution in [3.8, 4) is 12.3 Å². The zero-order chi connectivity index (χ0) is 9.40. The number of rotatable bonds is 6. The minimum atomic E-state index is 0.268. The maximum absolute atomic E-state index is 5.33. The van der Waals surface area contributed by atoms with E-state index in [1.807, 2.05) is 0 Å². The average Bonchev–Trinajstić information content (AvgIpc) is 2.07. The van der Waals surface area contributed by atoms with Gasteiger partial charge in [0, 0.05) is 0 Å². The quantitative estimate of drug-likeness (QED) is 0.599. The predicted octanol–water partition coefficient (Wildman–Crippen LogP) is 2.42. The Bertz CT molecular complexity index is 134. The van der Waals surface area contributed by atoms with Crippen molar-refractivity contribution < 1.29 is 0 Å². The summed E-state index contributed by atoms with van der Waals surface area (Å²) in [5, 5.41) is 3.37. The lowest BCUT2D eigenvalue weighted by molar-refractivity contribution is 0.453.